The van der Waals surface area contributed by atoms with Crippen LogP contribution >= 0.6 is 11.6 Å². The summed E-state index contributed by atoms with van der Waals surface area (Å²) in [6.45, 7) is 47.4. The zero-order valence-electron chi connectivity index (χ0n) is 82.4. The molecule has 15 rings (SSSR count). The van der Waals surface area contributed by atoms with Crippen LogP contribution in [0.4, 0.5) is 87.0 Å². The number of ether oxygens (including phenoxy) is 3. The molecule has 0 radical (unpaired) electrons. The second kappa shape index (κ2) is 52.9. The molecular weight excluding hydrogens is 1800 g/mol. The molecule has 750 valence electrons. The van der Waals surface area contributed by atoms with Crippen LogP contribution in [0.3, 0.4) is 0 Å². The van der Waals surface area contributed by atoms with Crippen LogP contribution in [0.25, 0.3) is 31.3 Å². The molecule has 0 aliphatic carbocycles. The Bertz CT molecular complexity index is 5410. The van der Waals surface area contributed by atoms with Gasteiger partial charge in [0.05, 0.1) is 26.6 Å². The monoisotopic (exact) mass is 1940 g/mol. The van der Waals surface area contributed by atoms with Crippen LogP contribution in [0.15, 0.2) is 197 Å². The molecule has 37 nitrogen and oxygen atoms in total. The standard InChI is InChI=1S/C28H33ClN8O.C16H23N5O2.C16H23N3O4.C16H25N3O2.C11H15N5.C6H4FNO2.C6H13N.CH4/c1-21-18-36(24-7-5-6-23(17-24)31-32-30)14-15-37(21)28(38)27-16-22(19-33(27)2)20-34-10-12-35(13-11-34)26-9-4-3-8-25(26)29;1-12-11-20(14-7-5-6-13(10-14)18-19-17)8-9-21(12)15(22)23-16(2,3)4;1-12-11-17(13-6-5-7-14(10-13)19(21)22)8-9-18(12)15(20)23-16(2,3)4;1-12-11-18(14-7-5-6-13(17)10-14)8-9-19(12)15(20)21-16(2,3)4;1-9-8-16(6-5-13-9)11-4-2-3-10(7-11)14-15-12;7-5-2-1-3-6(4-5)8(9)10;1-6-3-2-4-7-5-6;/h3-9,16-17,19,21H,10-15,18,20H2,1-2H3;2*5-7,10,12H,8-9,11H2,1-4H3;5-7,10,12H,8-9,11,17H2,1-4H3;2-4,7,9,13H,5-6,8H2,1H3;1-4H;6-7H,2-5H2,1H3;1H4/t21-;3*12-;9-;;6-;/m00000.1./s1. The number of anilines is 7. The third-order valence-corrected chi connectivity index (χ3v) is 23.9. The third kappa shape index (κ3) is 35.5. The van der Waals surface area contributed by atoms with Gasteiger partial charge >= 0.3 is 18.3 Å². The van der Waals surface area contributed by atoms with Gasteiger partial charge < -0.3 is 84.1 Å². The Hall–Kier alpha value is -13.5. The Labute approximate surface area is 821 Å². The number of hydrogen-bond acceptors (Lipinski definition) is 24. The largest absolute Gasteiger partial charge is 0.444 e. The number of nitrogens with zero attached hydrogens (tertiary/aromatic N) is 23. The summed E-state index contributed by atoms with van der Waals surface area (Å²) in [6.07, 6.45) is 4.06. The Kier molecular flexibility index (Phi) is 42.2. The molecule has 0 bridgehead atoms. The number of hydrogen-bond donors (Lipinski definition) is 3. The predicted octanol–water partition coefficient (Wildman–Crippen LogP) is 20.9. The number of carbonyl (C=O) groups excluding carboxylic acids is 4. The molecule has 39 heteroatoms. The summed E-state index contributed by atoms with van der Waals surface area (Å²) in [5.41, 5.74) is 40.5. The zero-order chi connectivity index (χ0) is 101. The minimum atomic E-state index is -0.636. The molecule has 7 saturated heterocycles. The molecule has 0 unspecified atom stereocenters. The molecule has 4 N–H and O–H groups in total. The topological polar surface area (TPSA) is 419 Å². The highest BCUT2D eigenvalue weighted by molar-refractivity contribution is 6.33. The smallest absolute Gasteiger partial charge is 0.410 e. The zero-order valence-corrected chi connectivity index (χ0v) is 83.1. The van der Waals surface area contributed by atoms with Gasteiger partial charge in [-0.25, -0.2) is 18.8 Å². The summed E-state index contributed by atoms with van der Waals surface area (Å²) in [7, 11) is 1.95. The molecule has 7 aliphatic rings. The Morgan fingerprint density at radius 1 is 0.482 bits per heavy atom. The number of piperidine rings is 1. The number of azide groups is 3. The third-order valence-electron chi connectivity index (χ3n) is 23.5. The van der Waals surface area contributed by atoms with Crippen molar-refractivity contribution >= 4 is 104 Å². The first-order valence-corrected chi connectivity index (χ1v) is 47.2. The minimum absolute atomic E-state index is 0. The lowest BCUT2D eigenvalue weighted by molar-refractivity contribution is -0.385. The number of non-ortho nitro benzene ring substituents is 2. The van der Waals surface area contributed by atoms with Gasteiger partial charge in [-0.05, 0) is 236 Å². The van der Waals surface area contributed by atoms with Gasteiger partial charge in [-0.3, -0.25) is 29.9 Å². The van der Waals surface area contributed by atoms with E-state index in [4.69, 9.17) is 48.1 Å². The first-order valence-electron chi connectivity index (χ1n) is 46.9. The van der Waals surface area contributed by atoms with Crippen molar-refractivity contribution in [1.82, 2.24) is 39.7 Å². The number of aromatic nitrogens is 1. The summed E-state index contributed by atoms with van der Waals surface area (Å²) >= 11 is 6.39. The molecule has 8 aromatic rings. The molecule has 7 aromatic carbocycles. The molecule has 139 heavy (non-hydrogen) atoms. The first kappa shape index (κ1) is 111. The van der Waals surface area contributed by atoms with Crippen molar-refractivity contribution < 1.29 is 47.6 Å². The molecule has 0 spiro atoms. The highest BCUT2D eigenvalue weighted by Crippen LogP contribution is 2.33. The maximum atomic E-state index is 13.5. The number of nitro groups is 2. The summed E-state index contributed by atoms with van der Waals surface area (Å²) in [4.78, 5) is 102. The van der Waals surface area contributed by atoms with Crippen LogP contribution in [-0.2, 0) is 27.8 Å². The normalized spacial score (nSPS) is 18.8. The fraction of sp³-hybridized carbons (Fsp3) is 0.500. The Morgan fingerprint density at radius 2 is 0.871 bits per heavy atom. The van der Waals surface area contributed by atoms with Crippen molar-refractivity contribution in [2.75, 3.05) is 173 Å². The van der Waals surface area contributed by atoms with E-state index in [1.54, 1.807) is 39.0 Å². The number of nitro benzene ring substituents is 2. The number of rotatable bonds is 14. The molecule has 8 heterocycles. The van der Waals surface area contributed by atoms with Crippen LogP contribution in [0.2, 0.25) is 5.02 Å². The first-order chi connectivity index (χ1) is 65.5. The second-order valence-corrected chi connectivity index (χ2v) is 38.7. The van der Waals surface area contributed by atoms with Crippen molar-refractivity contribution in [2.24, 2.45) is 28.3 Å². The number of carbonyl (C=O) groups is 4. The number of halogens is 2. The Balaban J connectivity index is 0.000000208. The van der Waals surface area contributed by atoms with Crippen molar-refractivity contribution in [2.45, 2.75) is 178 Å². The predicted molar refractivity (Wildman–Crippen MR) is 551 cm³/mol. The van der Waals surface area contributed by atoms with Gasteiger partial charge in [-0.15, -0.1) is 0 Å². The summed E-state index contributed by atoms with van der Waals surface area (Å²) < 4.78 is 30.5. The number of para-hydroxylation sites is 1. The fourth-order valence-corrected chi connectivity index (χ4v) is 17.0. The highest BCUT2D eigenvalue weighted by Gasteiger charge is 2.36. The lowest BCUT2D eigenvalue weighted by Gasteiger charge is -2.41. The van der Waals surface area contributed by atoms with Crippen molar-refractivity contribution in [3.63, 3.8) is 0 Å². The van der Waals surface area contributed by atoms with Crippen LogP contribution < -0.4 is 45.8 Å². The van der Waals surface area contributed by atoms with Gasteiger partial charge in [0.15, 0.2) is 0 Å². The summed E-state index contributed by atoms with van der Waals surface area (Å²) in [6, 6.07) is 52.5. The second-order valence-electron chi connectivity index (χ2n) is 38.2. The van der Waals surface area contributed by atoms with E-state index in [1.807, 2.05) is 209 Å². The number of aryl methyl sites for hydroxylation is 1. The van der Waals surface area contributed by atoms with Crippen molar-refractivity contribution in [1.29, 1.82) is 0 Å². The van der Waals surface area contributed by atoms with Crippen molar-refractivity contribution in [3.05, 3.63) is 256 Å². The number of nitrogen functional groups attached to an aromatic ring is 1. The summed E-state index contributed by atoms with van der Waals surface area (Å²) in [5, 5.41) is 39.4. The molecule has 4 amide bonds. The number of nitrogens with two attached hydrogens (primary N) is 1. The Morgan fingerprint density at radius 3 is 1.24 bits per heavy atom. The quantitative estimate of drug-likeness (QED) is 0.0173. The van der Waals surface area contributed by atoms with Gasteiger partial charge in [0.25, 0.3) is 17.3 Å². The van der Waals surface area contributed by atoms with E-state index in [2.05, 4.69) is 114 Å². The summed E-state index contributed by atoms with van der Waals surface area (Å²) in [5.74, 6) is 0.403. The molecule has 6 atom stereocenters. The van der Waals surface area contributed by atoms with E-state index in [0.29, 0.717) is 75.5 Å². The molecule has 1 aromatic heterocycles. The fourth-order valence-electron chi connectivity index (χ4n) is 16.8. The van der Waals surface area contributed by atoms with E-state index >= 15 is 0 Å². The van der Waals surface area contributed by atoms with Gasteiger partial charge in [0, 0.05) is 258 Å². The number of nitrogens with one attached hydrogen (secondary N) is 2. The number of benzene rings is 7. The van der Waals surface area contributed by atoms with E-state index in [0.717, 1.165) is 153 Å². The average Bonchev–Trinajstić information content (AvgIpc) is 1.63. The van der Waals surface area contributed by atoms with E-state index < -0.39 is 32.5 Å². The minimum Gasteiger partial charge on any atom is -0.444 e. The van der Waals surface area contributed by atoms with Gasteiger partial charge in [-0.2, -0.15) is 0 Å². The number of piperazine rings is 6. The van der Waals surface area contributed by atoms with Gasteiger partial charge in [0.1, 0.15) is 28.3 Å². The van der Waals surface area contributed by atoms with Gasteiger partial charge in [0.2, 0.25) is 0 Å². The molecular formula is C100H140ClFN26O11. The van der Waals surface area contributed by atoms with Crippen LogP contribution in [0.1, 0.15) is 140 Å². The van der Waals surface area contributed by atoms with E-state index in [1.165, 1.54) is 44.1 Å². The maximum absolute atomic E-state index is 13.5. The van der Waals surface area contributed by atoms with Crippen molar-refractivity contribution in [3.8, 4) is 0 Å². The molecule has 7 fully saturated rings. The maximum Gasteiger partial charge on any atom is 0.410 e. The van der Waals surface area contributed by atoms with Crippen LogP contribution in [0.5, 0.6) is 0 Å². The van der Waals surface area contributed by atoms with Crippen LogP contribution in [-0.4, -0.2) is 248 Å². The van der Waals surface area contributed by atoms with Crippen LogP contribution in [0, 0.1) is 32.0 Å². The molecule has 0 saturated carbocycles. The van der Waals surface area contributed by atoms with Gasteiger partial charge in [-0.1, -0.05) is 108 Å². The lowest BCUT2D eigenvalue weighted by Crippen LogP contribution is -2.55. The SMILES string of the molecule is C.C[C@@H]1CCCNC1.C[C@H]1CN(c2cccc(N)c2)CCN1C(=O)OC(C)(C)C.C[C@H]1CN(c2cccc(N=[N+]=[N-])c2)CCN1.C[C@H]1CN(c2cccc(N=[N+]=[N-])c2)CCN1C(=O)OC(C)(C)C.C[C@H]1CN(c2cccc(N=[N+]=[N-])c2)CCN1C(=O)c1cc(CN2CCN(c3ccccc3Cl)CC2)cn1C.C[C@H]1CN(c2cccc([N+](=O)[O-])c2)CCN1C(=O)OC(C)(C)C.O=[N+]([O-])c1cccc(F)c1. The number of amides is 4. The van der Waals surface area contributed by atoms with E-state index in [-0.39, 0.29) is 67.2 Å². The average molecular weight is 1940 g/mol. The molecule has 7 aliphatic heterocycles. The highest BCUT2D eigenvalue weighted by atomic mass is 35.5. The van der Waals surface area contributed by atoms with E-state index in [9.17, 15) is 43.8 Å². The lowest BCUT2D eigenvalue weighted by atomic mass is 10.0.